The van der Waals surface area contributed by atoms with E-state index in [9.17, 15) is 9.90 Å². The van der Waals surface area contributed by atoms with Crippen molar-refractivity contribution in [2.24, 2.45) is 0 Å². The number of rotatable bonds is 13. The Balaban J connectivity index is 1.17. The second kappa shape index (κ2) is 16.0. The van der Waals surface area contributed by atoms with E-state index in [0.717, 1.165) is 51.8 Å². The van der Waals surface area contributed by atoms with Crippen LogP contribution in [-0.4, -0.2) is 61.4 Å². The van der Waals surface area contributed by atoms with Crippen LogP contribution in [0.25, 0.3) is 10.8 Å². The van der Waals surface area contributed by atoms with Crippen LogP contribution in [0.15, 0.2) is 84.9 Å². The van der Waals surface area contributed by atoms with E-state index in [4.69, 9.17) is 28.5 Å². The zero-order valence-electron chi connectivity index (χ0n) is 27.6. The van der Waals surface area contributed by atoms with Crippen molar-refractivity contribution < 1.29 is 38.4 Å². The fraction of sp³-hybridized carbons (Fsp3) is 0.395. The molecule has 2 atom stereocenters. The molecule has 0 aromatic heterocycles. The molecule has 2 unspecified atom stereocenters. The van der Waals surface area contributed by atoms with Gasteiger partial charge < -0.3 is 33.6 Å². The minimum absolute atomic E-state index is 0.0791. The van der Waals surface area contributed by atoms with Gasteiger partial charge in [0, 0.05) is 24.4 Å². The second-order valence-electron chi connectivity index (χ2n) is 12.7. The quantitative estimate of drug-likeness (QED) is 0.116. The lowest BCUT2D eigenvalue weighted by Crippen LogP contribution is -2.45. The molecule has 9 heteroatoms. The molecule has 47 heavy (non-hydrogen) atoms. The number of ether oxygens (including phenoxy) is 5. The number of hydrogen-bond donors (Lipinski definition) is 1. The lowest BCUT2D eigenvalue weighted by atomic mass is 9.87. The summed E-state index contributed by atoms with van der Waals surface area (Å²) in [5.41, 5.74) is 2.49. The Kier molecular flexibility index (Phi) is 11.6. The maximum atomic E-state index is 12.4. The molecule has 0 aliphatic carbocycles. The number of piperidine rings is 1. The minimum atomic E-state index is -0.726. The normalized spacial score (nSPS) is 16.9. The number of carbonyl (C=O) groups excluding carboxylic acids is 1. The second-order valence-corrected chi connectivity index (χ2v) is 12.7. The molecule has 0 radical (unpaired) electrons. The Labute approximate surface area is 276 Å². The molecular weight excluding hydrogens is 598 g/mol. The van der Waals surface area contributed by atoms with E-state index in [-0.39, 0.29) is 17.8 Å². The zero-order chi connectivity index (χ0) is 33.2. The molecule has 9 nitrogen and oxygen atoms in total. The van der Waals surface area contributed by atoms with Crippen LogP contribution in [0, 0.1) is 0 Å². The number of methoxy groups -OCH3 is 1. The van der Waals surface area contributed by atoms with Gasteiger partial charge in [-0.3, -0.25) is 0 Å². The number of hydroxylamine groups is 2. The van der Waals surface area contributed by atoms with Crippen molar-refractivity contribution in [1.29, 1.82) is 0 Å². The molecule has 4 aromatic carbocycles. The summed E-state index contributed by atoms with van der Waals surface area (Å²) < 4.78 is 29.1. The van der Waals surface area contributed by atoms with E-state index in [1.807, 2.05) is 60.7 Å². The molecule has 0 saturated carbocycles. The molecule has 1 fully saturated rings. The van der Waals surface area contributed by atoms with Gasteiger partial charge in [0.05, 0.1) is 46.2 Å². The van der Waals surface area contributed by atoms with Gasteiger partial charge in [0.25, 0.3) is 0 Å². The molecule has 1 aliphatic heterocycles. The van der Waals surface area contributed by atoms with Gasteiger partial charge >= 0.3 is 6.16 Å². The van der Waals surface area contributed by atoms with Crippen molar-refractivity contribution in [3.8, 4) is 17.2 Å². The predicted molar refractivity (Wildman–Crippen MR) is 180 cm³/mol. The minimum Gasteiger partial charge on any atom is -0.508 e. The van der Waals surface area contributed by atoms with Crippen LogP contribution >= 0.6 is 0 Å². The average Bonchev–Trinajstić information content (AvgIpc) is 3.05. The molecule has 250 valence electrons. The summed E-state index contributed by atoms with van der Waals surface area (Å²) >= 11 is 0. The van der Waals surface area contributed by atoms with E-state index in [1.54, 1.807) is 45.1 Å². The smallest absolute Gasteiger partial charge is 0.508 e. The number of benzene rings is 4. The highest BCUT2D eigenvalue weighted by molar-refractivity contribution is 5.84. The molecule has 5 rings (SSSR count). The van der Waals surface area contributed by atoms with E-state index in [1.165, 1.54) is 0 Å². The van der Waals surface area contributed by atoms with E-state index < -0.39 is 11.8 Å². The van der Waals surface area contributed by atoms with Crippen LogP contribution < -0.4 is 9.47 Å². The van der Waals surface area contributed by atoms with Crippen LogP contribution in [-0.2, 0) is 32.3 Å². The first-order valence-electron chi connectivity index (χ1n) is 16.1. The van der Waals surface area contributed by atoms with Crippen LogP contribution in [0.5, 0.6) is 17.2 Å². The summed E-state index contributed by atoms with van der Waals surface area (Å²) in [5, 5.41) is 13.6. The summed E-state index contributed by atoms with van der Waals surface area (Å²) in [6.07, 6.45) is 0.508. The molecular formula is C38H45NO8. The molecule has 1 heterocycles. The van der Waals surface area contributed by atoms with E-state index >= 15 is 0 Å². The molecule has 0 spiro atoms. The molecule has 1 saturated heterocycles. The summed E-state index contributed by atoms with van der Waals surface area (Å²) in [6.45, 7) is 8.35. The standard InChI is InChI=1S/C38H45NO8/c1-38(2,3)46-37(41)47-39-19-18-34(36(24-39)45-25-27-10-11-28-12-15-32(40)23-31(28)22-27)29-13-16-33(17-14-29)44-21-7-20-43-26-30-8-5-6-9-35(30)42-4/h5-6,8-17,22-23,34,36,40H,7,18-21,24-26H2,1-4H3. The summed E-state index contributed by atoms with van der Waals surface area (Å²) in [7, 11) is 1.66. The van der Waals surface area contributed by atoms with E-state index in [0.29, 0.717) is 39.5 Å². The average molecular weight is 644 g/mol. The first-order chi connectivity index (χ1) is 22.7. The van der Waals surface area contributed by atoms with Crippen LogP contribution in [0.1, 0.15) is 56.2 Å². The molecule has 1 aliphatic rings. The topological polar surface area (TPSA) is 95.9 Å². The fourth-order valence-corrected chi connectivity index (χ4v) is 5.64. The number of phenolic OH excluding ortho intramolecular Hbond substituents is 1. The van der Waals surface area contributed by atoms with Gasteiger partial charge in [0.15, 0.2) is 0 Å². The van der Waals surface area contributed by atoms with Crippen LogP contribution in [0.3, 0.4) is 0 Å². The number of aromatic hydroxyl groups is 1. The highest BCUT2D eigenvalue weighted by Gasteiger charge is 2.34. The number of para-hydroxylation sites is 1. The van der Waals surface area contributed by atoms with Crippen LogP contribution in [0.2, 0.25) is 0 Å². The molecule has 4 aromatic rings. The first kappa shape index (κ1) is 34.0. The van der Waals surface area contributed by atoms with Crippen molar-refractivity contribution in [3.63, 3.8) is 0 Å². The van der Waals surface area contributed by atoms with Crippen molar-refractivity contribution in [2.45, 2.75) is 64.4 Å². The van der Waals surface area contributed by atoms with Gasteiger partial charge in [-0.05, 0) is 85.5 Å². The van der Waals surface area contributed by atoms with Crippen molar-refractivity contribution in [2.75, 3.05) is 33.4 Å². The number of fused-ring (bicyclic) bond motifs is 1. The Bertz CT molecular complexity index is 1600. The maximum Gasteiger partial charge on any atom is 0.528 e. The largest absolute Gasteiger partial charge is 0.528 e. The summed E-state index contributed by atoms with van der Waals surface area (Å²) in [6, 6.07) is 27.4. The van der Waals surface area contributed by atoms with Crippen LogP contribution in [0.4, 0.5) is 4.79 Å². The Hall–Kier alpha value is -4.31. The van der Waals surface area contributed by atoms with Gasteiger partial charge in [-0.15, -0.1) is 5.06 Å². The van der Waals surface area contributed by atoms with Crippen molar-refractivity contribution >= 4 is 16.9 Å². The first-order valence-corrected chi connectivity index (χ1v) is 16.1. The summed E-state index contributed by atoms with van der Waals surface area (Å²) in [4.78, 5) is 18.0. The van der Waals surface area contributed by atoms with E-state index in [2.05, 4.69) is 12.1 Å². The number of carbonyl (C=O) groups is 1. The maximum absolute atomic E-state index is 12.4. The lowest BCUT2D eigenvalue weighted by Gasteiger charge is -2.37. The highest BCUT2D eigenvalue weighted by atomic mass is 16.8. The molecule has 0 amide bonds. The lowest BCUT2D eigenvalue weighted by molar-refractivity contribution is -0.179. The Morgan fingerprint density at radius 1 is 0.915 bits per heavy atom. The van der Waals surface area contributed by atoms with Crippen molar-refractivity contribution in [3.05, 3.63) is 102 Å². The Morgan fingerprint density at radius 3 is 2.49 bits per heavy atom. The Morgan fingerprint density at radius 2 is 1.70 bits per heavy atom. The van der Waals surface area contributed by atoms with Gasteiger partial charge in [-0.2, -0.15) is 0 Å². The number of nitrogens with zero attached hydrogens (tertiary/aromatic N) is 1. The molecule has 0 bridgehead atoms. The van der Waals surface area contributed by atoms with Crippen molar-refractivity contribution in [1.82, 2.24) is 5.06 Å². The third-order valence-corrected chi connectivity index (χ3v) is 7.93. The zero-order valence-corrected chi connectivity index (χ0v) is 27.6. The van der Waals surface area contributed by atoms with Gasteiger partial charge in [-0.25, -0.2) is 4.79 Å². The van der Waals surface area contributed by atoms with Gasteiger partial charge in [0.1, 0.15) is 22.8 Å². The number of phenols is 1. The SMILES string of the molecule is COc1ccccc1COCCCOc1ccc(C2CCN(OC(=O)OC(C)(C)C)CC2OCc2ccc3ccc(O)cc3c2)cc1. The van der Waals surface area contributed by atoms with Gasteiger partial charge in [-0.1, -0.05) is 48.5 Å². The monoisotopic (exact) mass is 643 g/mol. The summed E-state index contributed by atoms with van der Waals surface area (Å²) in [5.74, 6) is 1.92. The fourth-order valence-electron chi connectivity index (χ4n) is 5.64. The molecule has 1 N–H and O–H groups in total. The third-order valence-electron chi connectivity index (χ3n) is 7.93. The highest BCUT2D eigenvalue weighted by Crippen LogP contribution is 2.33. The number of hydrogen-bond acceptors (Lipinski definition) is 9. The third kappa shape index (κ3) is 10.1. The predicted octanol–water partition coefficient (Wildman–Crippen LogP) is 7.78. The van der Waals surface area contributed by atoms with Gasteiger partial charge in [0.2, 0.25) is 0 Å².